The highest BCUT2D eigenvalue weighted by Gasteiger charge is 2.56. The summed E-state index contributed by atoms with van der Waals surface area (Å²) in [7, 11) is 0. The molecule has 2 aliphatic heterocycles. The Hall–Kier alpha value is 0.160. The van der Waals surface area contributed by atoms with Crippen LogP contribution in [0.4, 0.5) is 0 Å². The zero-order chi connectivity index (χ0) is 14.8. The second-order valence-corrected chi connectivity index (χ2v) is 8.37. The molecule has 3 aliphatic rings. The van der Waals surface area contributed by atoms with Gasteiger partial charge in [0.1, 0.15) is 0 Å². The average Bonchev–Trinajstić information content (AvgIpc) is 2.99. The lowest BCUT2D eigenvalue weighted by atomic mass is 9.92. The van der Waals surface area contributed by atoms with Crippen LogP contribution >= 0.6 is 36.2 Å². The minimum Gasteiger partial charge on any atom is -0.317 e. The van der Waals surface area contributed by atoms with E-state index in [1.807, 2.05) is 11.3 Å². The highest BCUT2D eigenvalue weighted by atomic mass is 35.5. The molecule has 1 atom stereocenters. The van der Waals surface area contributed by atoms with Crippen molar-refractivity contribution in [1.82, 2.24) is 15.5 Å². The van der Waals surface area contributed by atoms with Gasteiger partial charge < -0.3 is 10.6 Å². The molecule has 0 radical (unpaired) electrons. The molecule has 1 spiro atoms. The number of nitrogens with one attached hydrogen (secondary N) is 2. The average molecular weight is 392 g/mol. The summed E-state index contributed by atoms with van der Waals surface area (Å²) in [5.74, 6) is 0.902. The molecular weight excluding hydrogens is 361 g/mol. The molecule has 1 aliphatic carbocycles. The summed E-state index contributed by atoms with van der Waals surface area (Å²) in [5, 5.41) is 11.6. The third-order valence-electron chi connectivity index (χ3n) is 6.10. The van der Waals surface area contributed by atoms with Crippen molar-refractivity contribution in [2.24, 2.45) is 11.3 Å². The number of thiophene rings is 1. The van der Waals surface area contributed by atoms with Crippen LogP contribution in [0.1, 0.15) is 37.7 Å². The van der Waals surface area contributed by atoms with Crippen LogP contribution < -0.4 is 10.6 Å². The van der Waals surface area contributed by atoms with Crippen molar-refractivity contribution in [2.75, 3.05) is 32.7 Å². The van der Waals surface area contributed by atoms with Gasteiger partial charge in [0, 0.05) is 19.1 Å². The van der Waals surface area contributed by atoms with Crippen molar-refractivity contribution in [3.05, 3.63) is 22.4 Å². The van der Waals surface area contributed by atoms with Crippen LogP contribution in [-0.2, 0) is 6.54 Å². The van der Waals surface area contributed by atoms with E-state index in [-0.39, 0.29) is 24.8 Å². The summed E-state index contributed by atoms with van der Waals surface area (Å²) in [6.45, 7) is 7.39. The summed E-state index contributed by atoms with van der Waals surface area (Å²) in [4.78, 5) is 2.85. The van der Waals surface area contributed by atoms with E-state index in [0.29, 0.717) is 5.41 Å². The van der Waals surface area contributed by atoms with Gasteiger partial charge in [0.2, 0.25) is 0 Å². The minimum atomic E-state index is 0. The Kier molecular flexibility index (Phi) is 7.85. The molecule has 1 saturated carbocycles. The summed E-state index contributed by atoms with van der Waals surface area (Å²) < 4.78 is 0. The number of hydrogen-bond donors (Lipinski definition) is 2. The summed E-state index contributed by atoms with van der Waals surface area (Å²) >= 11 is 1.84. The highest BCUT2D eigenvalue weighted by molar-refractivity contribution is 7.07. The van der Waals surface area contributed by atoms with Crippen LogP contribution in [0.25, 0.3) is 0 Å². The van der Waals surface area contributed by atoms with Crippen LogP contribution in [0.5, 0.6) is 0 Å². The molecule has 6 heteroatoms. The van der Waals surface area contributed by atoms with Crippen LogP contribution in [0.2, 0.25) is 0 Å². The van der Waals surface area contributed by atoms with Crippen molar-refractivity contribution in [3.8, 4) is 0 Å². The normalized spacial score (nSPS) is 26.0. The maximum atomic E-state index is 3.54. The molecule has 4 rings (SSSR count). The molecule has 1 aromatic rings. The van der Waals surface area contributed by atoms with Crippen LogP contribution in [0.3, 0.4) is 0 Å². The quantitative estimate of drug-likeness (QED) is 0.803. The fraction of sp³-hybridized carbons (Fsp3) is 0.778. The summed E-state index contributed by atoms with van der Waals surface area (Å²) in [6, 6.07) is 3.17. The van der Waals surface area contributed by atoms with Crippen LogP contribution in [0, 0.1) is 11.3 Å². The lowest BCUT2D eigenvalue weighted by Gasteiger charge is -2.33. The molecule has 138 valence electrons. The summed E-state index contributed by atoms with van der Waals surface area (Å²) in [5.41, 5.74) is 2.18. The van der Waals surface area contributed by atoms with E-state index in [1.54, 1.807) is 0 Å². The first kappa shape index (κ1) is 20.5. The topological polar surface area (TPSA) is 27.3 Å². The number of nitrogens with zero attached hydrogens (tertiary/aromatic N) is 1. The van der Waals surface area contributed by atoms with Crippen molar-refractivity contribution in [2.45, 2.75) is 44.7 Å². The Morgan fingerprint density at radius 1 is 1.08 bits per heavy atom. The van der Waals surface area contributed by atoms with Gasteiger partial charge in [0.05, 0.1) is 0 Å². The van der Waals surface area contributed by atoms with E-state index in [9.17, 15) is 0 Å². The van der Waals surface area contributed by atoms with E-state index >= 15 is 0 Å². The predicted molar refractivity (Wildman–Crippen MR) is 108 cm³/mol. The third-order valence-corrected chi connectivity index (χ3v) is 6.84. The Labute approximate surface area is 162 Å². The first-order valence-electron chi connectivity index (χ1n) is 9.02. The fourth-order valence-electron chi connectivity index (χ4n) is 4.62. The number of piperidine rings is 2. The number of hydrogen-bond acceptors (Lipinski definition) is 4. The zero-order valence-corrected chi connectivity index (χ0v) is 16.8. The second-order valence-electron chi connectivity index (χ2n) is 7.59. The van der Waals surface area contributed by atoms with Crippen molar-refractivity contribution in [3.63, 3.8) is 0 Å². The van der Waals surface area contributed by atoms with E-state index < -0.39 is 0 Å². The van der Waals surface area contributed by atoms with Gasteiger partial charge in [-0.15, -0.1) is 24.8 Å². The van der Waals surface area contributed by atoms with Gasteiger partial charge in [-0.25, -0.2) is 0 Å². The molecular formula is C18H31Cl2N3S. The fourth-order valence-corrected chi connectivity index (χ4v) is 5.28. The van der Waals surface area contributed by atoms with Gasteiger partial charge in [0.15, 0.2) is 0 Å². The van der Waals surface area contributed by atoms with Crippen LogP contribution in [0.15, 0.2) is 16.8 Å². The van der Waals surface area contributed by atoms with Gasteiger partial charge in [0.25, 0.3) is 0 Å². The first-order chi connectivity index (χ1) is 10.9. The van der Waals surface area contributed by atoms with E-state index in [0.717, 1.165) is 12.0 Å². The predicted octanol–water partition coefficient (Wildman–Crippen LogP) is 3.54. The molecule has 3 fully saturated rings. The largest absolute Gasteiger partial charge is 0.317 e. The lowest BCUT2D eigenvalue weighted by Crippen LogP contribution is -2.40. The molecule has 0 amide bonds. The smallest absolute Gasteiger partial charge is 0.0245 e. The van der Waals surface area contributed by atoms with Gasteiger partial charge in [-0.1, -0.05) is 0 Å². The van der Waals surface area contributed by atoms with E-state index in [1.165, 1.54) is 76.9 Å². The Morgan fingerprint density at radius 3 is 2.46 bits per heavy atom. The van der Waals surface area contributed by atoms with E-state index in [2.05, 4.69) is 32.4 Å². The molecule has 0 bridgehead atoms. The van der Waals surface area contributed by atoms with Crippen molar-refractivity contribution in [1.29, 1.82) is 0 Å². The molecule has 24 heavy (non-hydrogen) atoms. The lowest BCUT2D eigenvalue weighted by molar-refractivity contribution is 0.155. The van der Waals surface area contributed by atoms with Crippen LogP contribution in [-0.4, -0.2) is 43.7 Å². The molecule has 1 unspecified atom stereocenters. The molecule has 2 saturated heterocycles. The van der Waals surface area contributed by atoms with Crippen molar-refractivity contribution >= 4 is 36.2 Å². The Morgan fingerprint density at radius 2 is 1.79 bits per heavy atom. The standard InChI is InChI=1S/C18H29N3S.2ClH/c1-6-19-7-2-15(1)12-21(13-16-3-10-22-14-16)17-11-18(17)4-8-20-9-5-18;;/h3,10,14-15,17,19-20H,1-2,4-9,11-13H2;2*1H. The highest BCUT2D eigenvalue weighted by Crippen LogP contribution is 2.56. The SMILES string of the molecule is Cl.Cl.c1cc(CN(CC2CCNCC2)C2CC23CCNCC3)cs1. The Bertz CT molecular complexity index is 471. The van der Waals surface area contributed by atoms with Gasteiger partial charge in [-0.05, 0) is 92.0 Å². The van der Waals surface area contributed by atoms with E-state index in [4.69, 9.17) is 0 Å². The molecule has 3 heterocycles. The maximum Gasteiger partial charge on any atom is 0.0245 e. The first-order valence-corrected chi connectivity index (χ1v) is 9.97. The maximum absolute atomic E-state index is 3.54. The summed E-state index contributed by atoms with van der Waals surface area (Å²) in [6.07, 6.45) is 6.96. The molecule has 1 aromatic heterocycles. The molecule has 3 nitrogen and oxygen atoms in total. The van der Waals surface area contributed by atoms with Gasteiger partial charge >= 0.3 is 0 Å². The minimum absolute atomic E-state index is 0. The second kappa shape index (κ2) is 9.20. The van der Waals surface area contributed by atoms with Gasteiger partial charge in [-0.3, -0.25) is 4.90 Å². The zero-order valence-electron chi connectivity index (χ0n) is 14.3. The number of rotatable bonds is 5. The Balaban J connectivity index is 0.00000104. The monoisotopic (exact) mass is 391 g/mol. The van der Waals surface area contributed by atoms with Crippen molar-refractivity contribution < 1.29 is 0 Å². The molecule has 0 aromatic carbocycles. The molecule has 2 N–H and O–H groups in total. The van der Waals surface area contributed by atoms with Gasteiger partial charge in [-0.2, -0.15) is 11.3 Å². The number of halogens is 2. The third kappa shape index (κ3) is 4.66.